The van der Waals surface area contributed by atoms with Crippen LogP contribution in [0.4, 0.5) is 9.80 Å². The highest BCUT2D eigenvalue weighted by Gasteiger charge is 2.39. The minimum atomic E-state index is -1.27. The molecule has 0 aliphatic heterocycles. The maximum absolute atomic E-state index is 13.2. The zero-order chi connectivity index (χ0) is 25.2. The van der Waals surface area contributed by atoms with Gasteiger partial charge in [0.2, 0.25) is 0 Å². The highest BCUT2D eigenvalue weighted by molar-refractivity contribution is 7.11. The summed E-state index contributed by atoms with van der Waals surface area (Å²) < 4.78 is 9.66. The van der Waals surface area contributed by atoms with Crippen molar-refractivity contribution in [1.82, 2.24) is 9.69 Å². The Morgan fingerprint density at radius 3 is 2.14 bits per heavy atom. The summed E-state index contributed by atoms with van der Waals surface area (Å²) in [7, 11) is 0. The summed E-state index contributed by atoms with van der Waals surface area (Å²) in [5.41, 5.74) is 3.45. The summed E-state index contributed by atoms with van der Waals surface area (Å²) >= 11 is 0.896. The maximum atomic E-state index is 13.2. The molecule has 182 valence electrons. The average molecular weight is 494 g/mol. The van der Waals surface area contributed by atoms with Crippen molar-refractivity contribution in [3.63, 3.8) is 0 Å². The third kappa shape index (κ3) is 4.51. The van der Waals surface area contributed by atoms with E-state index in [1.54, 1.807) is 20.8 Å². The van der Waals surface area contributed by atoms with Crippen LogP contribution in [0.3, 0.4) is 0 Å². The van der Waals surface area contributed by atoms with Crippen molar-refractivity contribution in [3.05, 3.63) is 70.9 Å². The fourth-order valence-electron chi connectivity index (χ4n) is 4.56. The number of carboxylic acid groups (broad SMARTS) is 1. The number of fused-ring (bicyclic) bond motifs is 3. The highest BCUT2D eigenvalue weighted by atomic mass is 32.1. The first-order chi connectivity index (χ1) is 16.8. The Morgan fingerprint density at radius 2 is 1.60 bits per heavy atom. The molecule has 3 N–H and O–H groups in total. The van der Waals surface area contributed by atoms with Crippen LogP contribution in [0.5, 0.6) is 0 Å². The van der Waals surface area contributed by atoms with E-state index in [2.05, 4.69) is 27.1 Å². The molecule has 0 spiro atoms. The summed E-state index contributed by atoms with van der Waals surface area (Å²) in [5, 5.41) is 15.0. The topological polar surface area (TPSA) is 118 Å². The molecule has 0 unspecified atom stereocenters. The molecule has 1 heterocycles. The number of nitrogens with one attached hydrogen (secondary N) is 2. The van der Waals surface area contributed by atoms with Crippen molar-refractivity contribution in [2.75, 3.05) is 11.9 Å². The molecule has 1 aromatic heterocycles. The van der Waals surface area contributed by atoms with Crippen molar-refractivity contribution in [3.8, 4) is 11.1 Å². The largest absolute Gasteiger partial charge is 0.478 e. The fraction of sp³-hybridized carbons (Fsp3) is 0.308. The van der Waals surface area contributed by atoms with Crippen LogP contribution in [0.15, 0.2) is 48.5 Å². The SMILES string of the molecule is CCC(CC)(NC(=O)OCC1c2ccccc2-c2ccccc21)C(=O)Nc1snc(C)c1C(=O)O. The van der Waals surface area contributed by atoms with Crippen LogP contribution in [-0.4, -0.2) is 39.6 Å². The van der Waals surface area contributed by atoms with Crippen LogP contribution in [0, 0.1) is 6.92 Å². The maximum Gasteiger partial charge on any atom is 0.408 e. The number of amides is 2. The van der Waals surface area contributed by atoms with E-state index in [0.29, 0.717) is 18.5 Å². The number of anilines is 1. The number of ether oxygens (including phenoxy) is 1. The minimum absolute atomic E-state index is 0.0504. The van der Waals surface area contributed by atoms with Crippen LogP contribution >= 0.6 is 11.5 Å². The first-order valence-electron chi connectivity index (χ1n) is 11.5. The lowest BCUT2D eigenvalue weighted by Crippen LogP contribution is -2.56. The molecule has 9 heteroatoms. The molecule has 0 radical (unpaired) electrons. The number of alkyl carbamates (subject to hydrolysis) is 1. The van der Waals surface area contributed by atoms with E-state index >= 15 is 0 Å². The van der Waals surface area contributed by atoms with Gasteiger partial charge in [0, 0.05) is 5.92 Å². The zero-order valence-electron chi connectivity index (χ0n) is 19.8. The fourth-order valence-corrected chi connectivity index (χ4v) is 5.35. The molecule has 1 aliphatic carbocycles. The van der Waals surface area contributed by atoms with Gasteiger partial charge < -0.3 is 20.5 Å². The van der Waals surface area contributed by atoms with Crippen LogP contribution in [-0.2, 0) is 9.53 Å². The Bertz CT molecular complexity index is 1240. The molecular formula is C26H27N3O5S. The van der Waals surface area contributed by atoms with Gasteiger partial charge in [-0.3, -0.25) is 4.79 Å². The Hall–Kier alpha value is -3.72. The molecule has 2 aromatic carbocycles. The van der Waals surface area contributed by atoms with Gasteiger partial charge in [-0.1, -0.05) is 62.4 Å². The molecule has 1 aliphatic rings. The van der Waals surface area contributed by atoms with Crippen molar-refractivity contribution >= 4 is 34.5 Å². The predicted molar refractivity (Wildman–Crippen MR) is 134 cm³/mol. The number of hydrogen-bond donors (Lipinski definition) is 3. The van der Waals surface area contributed by atoms with Gasteiger partial charge >= 0.3 is 12.1 Å². The van der Waals surface area contributed by atoms with Crippen LogP contribution < -0.4 is 10.6 Å². The van der Waals surface area contributed by atoms with Crippen LogP contribution in [0.1, 0.15) is 59.8 Å². The Balaban J connectivity index is 1.48. The van der Waals surface area contributed by atoms with Gasteiger partial charge in [-0.2, -0.15) is 4.37 Å². The van der Waals surface area contributed by atoms with Crippen LogP contribution in [0.2, 0.25) is 0 Å². The molecule has 2 amide bonds. The van der Waals surface area contributed by atoms with E-state index in [-0.39, 0.29) is 23.1 Å². The summed E-state index contributed by atoms with van der Waals surface area (Å²) in [5.74, 6) is -1.78. The van der Waals surface area contributed by atoms with E-state index in [9.17, 15) is 19.5 Å². The summed E-state index contributed by atoms with van der Waals surface area (Å²) in [6.07, 6.45) is -0.121. The highest BCUT2D eigenvalue weighted by Crippen LogP contribution is 2.44. The number of carboxylic acids is 1. The molecule has 0 bridgehead atoms. The number of hydrogen-bond acceptors (Lipinski definition) is 6. The van der Waals surface area contributed by atoms with Crippen molar-refractivity contribution in [2.45, 2.75) is 45.1 Å². The minimum Gasteiger partial charge on any atom is -0.478 e. The molecule has 0 fully saturated rings. The smallest absolute Gasteiger partial charge is 0.408 e. The van der Waals surface area contributed by atoms with Crippen LogP contribution in [0.25, 0.3) is 11.1 Å². The van der Waals surface area contributed by atoms with Gasteiger partial charge in [-0.05, 0) is 53.6 Å². The number of aromatic nitrogens is 1. The molecule has 0 atom stereocenters. The standard InChI is InChI=1S/C26H27N3O5S/c1-4-26(5-2,24(32)27-22-21(23(30)31)15(3)29-35-22)28-25(33)34-14-20-18-12-8-6-10-16(18)17-11-7-9-13-19(17)20/h6-13,20H,4-5,14H2,1-3H3,(H,27,32)(H,28,33)(H,30,31). The number of rotatable bonds is 8. The lowest BCUT2D eigenvalue weighted by Gasteiger charge is -2.31. The third-order valence-corrected chi connectivity index (χ3v) is 7.48. The Kier molecular flexibility index (Phi) is 6.88. The first kappa shape index (κ1) is 24.4. The van der Waals surface area contributed by atoms with Gasteiger partial charge in [-0.15, -0.1) is 0 Å². The number of benzene rings is 2. The molecule has 8 nitrogen and oxygen atoms in total. The second-order valence-electron chi connectivity index (χ2n) is 8.47. The second kappa shape index (κ2) is 9.87. The number of nitrogens with zero attached hydrogens (tertiary/aromatic N) is 1. The van der Waals surface area contributed by atoms with Gasteiger partial charge in [0.1, 0.15) is 22.7 Å². The number of aryl methyl sites for hydroxylation is 1. The molecule has 0 saturated carbocycles. The van der Waals surface area contributed by atoms with E-state index in [1.165, 1.54) is 0 Å². The van der Waals surface area contributed by atoms with E-state index < -0.39 is 23.5 Å². The van der Waals surface area contributed by atoms with Crippen molar-refractivity contribution < 1.29 is 24.2 Å². The number of aromatic carboxylic acids is 1. The lowest BCUT2D eigenvalue weighted by atomic mass is 9.91. The third-order valence-electron chi connectivity index (χ3n) is 6.63. The molecule has 0 saturated heterocycles. The summed E-state index contributed by atoms with van der Waals surface area (Å²) in [6.45, 7) is 5.26. The monoisotopic (exact) mass is 493 g/mol. The van der Waals surface area contributed by atoms with E-state index in [0.717, 1.165) is 33.8 Å². The predicted octanol–water partition coefficient (Wildman–Crippen LogP) is 5.19. The van der Waals surface area contributed by atoms with E-state index in [4.69, 9.17) is 4.74 Å². The van der Waals surface area contributed by atoms with Crippen molar-refractivity contribution in [2.24, 2.45) is 0 Å². The summed E-state index contributed by atoms with van der Waals surface area (Å²) in [6, 6.07) is 16.1. The van der Waals surface area contributed by atoms with Gasteiger partial charge in [0.15, 0.2) is 0 Å². The first-order valence-corrected chi connectivity index (χ1v) is 12.2. The lowest BCUT2D eigenvalue weighted by molar-refractivity contribution is -0.122. The Labute approximate surface area is 207 Å². The average Bonchev–Trinajstić information content (AvgIpc) is 3.38. The Morgan fingerprint density at radius 1 is 1.03 bits per heavy atom. The number of carbonyl (C=O) groups excluding carboxylic acids is 2. The molecular weight excluding hydrogens is 466 g/mol. The molecule has 3 aromatic rings. The van der Waals surface area contributed by atoms with Gasteiger partial charge in [-0.25, -0.2) is 9.59 Å². The van der Waals surface area contributed by atoms with Gasteiger partial charge in [0.25, 0.3) is 5.91 Å². The second-order valence-corrected chi connectivity index (χ2v) is 9.24. The normalized spacial score (nSPS) is 12.5. The molecule has 35 heavy (non-hydrogen) atoms. The quantitative estimate of drug-likeness (QED) is 0.398. The zero-order valence-corrected chi connectivity index (χ0v) is 20.6. The number of carbonyl (C=O) groups is 3. The van der Waals surface area contributed by atoms with Crippen molar-refractivity contribution in [1.29, 1.82) is 0 Å². The molecule has 4 rings (SSSR count). The van der Waals surface area contributed by atoms with Gasteiger partial charge in [0.05, 0.1) is 5.69 Å². The summed E-state index contributed by atoms with van der Waals surface area (Å²) in [4.78, 5) is 37.6. The van der Waals surface area contributed by atoms with E-state index in [1.807, 2.05) is 36.4 Å².